The lowest BCUT2D eigenvalue weighted by Crippen LogP contribution is -2.11. The Labute approximate surface area is 81.4 Å². The zero-order chi connectivity index (χ0) is 9.14. The first-order valence-corrected chi connectivity index (χ1v) is 3.48. The molecule has 13 heavy (non-hydrogen) atoms. The number of phenols is 2. The van der Waals surface area contributed by atoms with Crippen LogP contribution in [0.3, 0.4) is 0 Å². The fraction of sp³-hybridized carbons (Fsp3) is 0.250. The highest BCUT2D eigenvalue weighted by atomic mass is 35.5. The summed E-state index contributed by atoms with van der Waals surface area (Å²) in [6.45, 7) is -0.719. The van der Waals surface area contributed by atoms with Gasteiger partial charge in [-0.15, -0.1) is 12.4 Å². The van der Waals surface area contributed by atoms with Crippen LogP contribution in [0.4, 0.5) is 4.39 Å². The Bertz CT molecular complexity index is 263. The second-order valence-corrected chi connectivity index (χ2v) is 2.54. The van der Waals surface area contributed by atoms with Crippen LogP contribution >= 0.6 is 12.4 Å². The lowest BCUT2D eigenvalue weighted by atomic mass is 10.1. The monoisotopic (exact) mass is 207 g/mol. The number of benzene rings is 1. The Morgan fingerprint density at radius 1 is 1.23 bits per heavy atom. The molecule has 0 bridgehead atoms. The Balaban J connectivity index is 0.00000144. The number of hydrogen-bond acceptors (Lipinski definition) is 3. The van der Waals surface area contributed by atoms with Gasteiger partial charge in [0, 0.05) is 6.07 Å². The fourth-order valence-corrected chi connectivity index (χ4v) is 0.921. The SMILES string of the molecule is Cl.N[C@H](CF)c1cc(O)cc(O)c1. The van der Waals surface area contributed by atoms with Crippen LogP contribution in [-0.4, -0.2) is 16.9 Å². The van der Waals surface area contributed by atoms with Gasteiger partial charge in [-0.25, -0.2) is 4.39 Å². The number of hydrogen-bond donors (Lipinski definition) is 3. The van der Waals surface area contributed by atoms with E-state index in [1.165, 1.54) is 12.1 Å². The maximum atomic E-state index is 12.0. The van der Waals surface area contributed by atoms with E-state index in [2.05, 4.69) is 0 Å². The van der Waals surface area contributed by atoms with Crippen molar-refractivity contribution < 1.29 is 14.6 Å². The van der Waals surface area contributed by atoms with E-state index in [0.717, 1.165) is 6.07 Å². The van der Waals surface area contributed by atoms with Gasteiger partial charge in [0.15, 0.2) is 0 Å². The summed E-state index contributed by atoms with van der Waals surface area (Å²) in [6.07, 6.45) is 0. The second-order valence-electron chi connectivity index (χ2n) is 2.54. The lowest BCUT2D eigenvalue weighted by Gasteiger charge is -2.07. The molecule has 74 valence electrons. The number of rotatable bonds is 2. The lowest BCUT2D eigenvalue weighted by molar-refractivity contribution is 0.426. The summed E-state index contributed by atoms with van der Waals surface area (Å²) < 4.78 is 12.0. The third-order valence-electron chi connectivity index (χ3n) is 1.52. The number of phenolic OH excluding ortho intramolecular Hbond substituents is 2. The molecule has 0 radical (unpaired) electrons. The molecule has 4 N–H and O–H groups in total. The molecule has 1 rings (SSSR count). The molecular weight excluding hydrogens is 197 g/mol. The quantitative estimate of drug-likeness (QED) is 0.689. The molecule has 0 fully saturated rings. The first kappa shape index (κ1) is 12.0. The summed E-state index contributed by atoms with van der Waals surface area (Å²) in [6, 6.07) is 3.02. The van der Waals surface area contributed by atoms with Gasteiger partial charge in [0.1, 0.15) is 18.2 Å². The van der Waals surface area contributed by atoms with Crippen molar-refractivity contribution in [3.63, 3.8) is 0 Å². The Morgan fingerprint density at radius 3 is 2.08 bits per heavy atom. The van der Waals surface area contributed by atoms with Crippen LogP contribution in [0, 0.1) is 0 Å². The molecule has 0 unspecified atom stereocenters. The Morgan fingerprint density at radius 2 is 1.69 bits per heavy atom. The highest BCUT2D eigenvalue weighted by Crippen LogP contribution is 2.23. The van der Waals surface area contributed by atoms with E-state index >= 15 is 0 Å². The van der Waals surface area contributed by atoms with E-state index in [-0.39, 0.29) is 23.9 Å². The predicted octanol–water partition coefficient (Wildman–Crippen LogP) is 1.49. The molecule has 0 saturated carbocycles. The second kappa shape index (κ2) is 4.89. The van der Waals surface area contributed by atoms with Gasteiger partial charge in [-0.05, 0) is 17.7 Å². The molecule has 0 heterocycles. The molecule has 0 aliphatic rings. The average Bonchev–Trinajstić information content (AvgIpc) is 2.01. The van der Waals surface area contributed by atoms with Gasteiger partial charge in [-0.3, -0.25) is 0 Å². The van der Waals surface area contributed by atoms with Gasteiger partial charge < -0.3 is 15.9 Å². The van der Waals surface area contributed by atoms with Crippen molar-refractivity contribution in [1.29, 1.82) is 0 Å². The Kier molecular flexibility index (Phi) is 4.51. The Hall–Kier alpha value is -1.00. The molecular formula is C8H11ClFNO2. The minimum Gasteiger partial charge on any atom is -0.508 e. The third-order valence-corrected chi connectivity index (χ3v) is 1.52. The molecule has 5 heteroatoms. The van der Waals surface area contributed by atoms with Crippen LogP contribution in [0.25, 0.3) is 0 Å². The van der Waals surface area contributed by atoms with Crippen molar-refractivity contribution in [3.8, 4) is 11.5 Å². The maximum Gasteiger partial charge on any atom is 0.119 e. The van der Waals surface area contributed by atoms with Crippen molar-refractivity contribution in [2.24, 2.45) is 5.73 Å². The van der Waals surface area contributed by atoms with Crippen molar-refractivity contribution in [3.05, 3.63) is 23.8 Å². The number of halogens is 2. The van der Waals surface area contributed by atoms with Gasteiger partial charge in [-0.2, -0.15) is 0 Å². The number of alkyl halides is 1. The standard InChI is InChI=1S/C8H10FNO2.ClH/c9-4-8(10)5-1-6(11)3-7(12)2-5;/h1-3,8,11-12H,4,10H2;1H/t8-;/m1./s1. The summed E-state index contributed by atoms with van der Waals surface area (Å²) in [5, 5.41) is 18.0. The average molecular weight is 208 g/mol. The van der Waals surface area contributed by atoms with Gasteiger partial charge in [0.25, 0.3) is 0 Å². The zero-order valence-corrected chi connectivity index (χ0v) is 7.59. The van der Waals surface area contributed by atoms with E-state index < -0.39 is 12.7 Å². The summed E-state index contributed by atoms with van der Waals surface area (Å²) in [7, 11) is 0. The predicted molar refractivity (Wildman–Crippen MR) is 49.9 cm³/mol. The summed E-state index contributed by atoms with van der Waals surface area (Å²) >= 11 is 0. The summed E-state index contributed by atoms with van der Waals surface area (Å²) in [4.78, 5) is 0. The van der Waals surface area contributed by atoms with Crippen molar-refractivity contribution >= 4 is 12.4 Å². The van der Waals surface area contributed by atoms with Gasteiger partial charge in [0.05, 0.1) is 6.04 Å². The largest absolute Gasteiger partial charge is 0.508 e. The number of nitrogens with two attached hydrogens (primary N) is 1. The van der Waals surface area contributed by atoms with Crippen LogP contribution in [0.15, 0.2) is 18.2 Å². The van der Waals surface area contributed by atoms with Gasteiger partial charge in [0.2, 0.25) is 0 Å². The van der Waals surface area contributed by atoms with Gasteiger partial charge in [-0.1, -0.05) is 0 Å². The highest BCUT2D eigenvalue weighted by molar-refractivity contribution is 5.85. The van der Waals surface area contributed by atoms with E-state index in [1.807, 2.05) is 0 Å². The minimum atomic E-state index is -0.789. The van der Waals surface area contributed by atoms with E-state index in [1.54, 1.807) is 0 Å². The fourth-order valence-electron chi connectivity index (χ4n) is 0.921. The van der Waals surface area contributed by atoms with Crippen LogP contribution in [0.2, 0.25) is 0 Å². The van der Waals surface area contributed by atoms with Crippen LogP contribution in [-0.2, 0) is 0 Å². The molecule has 0 aliphatic heterocycles. The van der Waals surface area contributed by atoms with E-state index in [9.17, 15) is 4.39 Å². The van der Waals surface area contributed by atoms with Crippen molar-refractivity contribution in [2.75, 3.05) is 6.67 Å². The molecule has 0 spiro atoms. The molecule has 0 saturated heterocycles. The van der Waals surface area contributed by atoms with Crippen LogP contribution < -0.4 is 5.73 Å². The highest BCUT2D eigenvalue weighted by Gasteiger charge is 2.07. The zero-order valence-electron chi connectivity index (χ0n) is 6.77. The topological polar surface area (TPSA) is 66.5 Å². The first-order valence-electron chi connectivity index (χ1n) is 3.48. The van der Waals surface area contributed by atoms with E-state index in [0.29, 0.717) is 5.56 Å². The molecule has 0 amide bonds. The molecule has 0 aromatic heterocycles. The van der Waals surface area contributed by atoms with Crippen molar-refractivity contribution in [2.45, 2.75) is 6.04 Å². The third kappa shape index (κ3) is 3.08. The minimum absolute atomic E-state index is 0. The van der Waals surface area contributed by atoms with Gasteiger partial charge >= 0.3 is 0 Å². The molecule has 0 aliphatic carbocycles. The smallest absolute Gasteiger partial charge is 0.119 e. The van der Waals surface area contributed by atoms with Crippen LogP contribution in [0.1, 0.15) is 11.6 Å². The van der Waals surface area contributed by atoms with Crippen molar-refractivity contribution in [1.82, 2.24) is 0 Å². The molecule has 3 nitrogen and oxygen atoms in total. The van der Waals surface area contributed by atoms with Crippen LogP contribution in [0.5, 0.6) is 11.5 Å². The van der Waals surface area contributed by atoms with E-state index in [4.69, 9.17) is 15.9 Å². The maximum absolute atomic E-state index is 12.0. The normalized spacial score (nSPS) is 11.8. The summed E-state index contributed by atoms with van der Waals surface area (Å²) in [5.74, 6) is -0.234. The first-order chi connectivity index (χ1) is 5.63. The molecule has 1 aromatic rings. The summed E-state index contributed by atoms with van der Waals surface area (Å²) in [5.41, 5.74) is 5.72. The number of aromatic hydroxyl groups is 2. The molecule has 1 atom stereocenters. The molecule has 1 aromatic carbocycles.